The van der Waals surface area contributed by atoms with Gasteiger partial charge in [-0.05, 0) is 25.2 Å². The molecule has 0 amide bonds. The van der Waals surface area contributed by atoms with Crippen LogP contribution in [0.3, 0.4) is 0 Å². The number of thioether (sulfide) groups is 1. The number of hydrogen-bond donors (Lipinski definition) is 0. The van der Waals surface area contributed by atoms with Crippen LogP contribution in [0.2, 0.25) is 0 Å². The molecule has 0 aromatic heterocycles. The Hall–Kier alpha value is -0.760. The van der Waals surface area contributed by atoms with Crippen molar-refractivity contribution in [3.8, 4) is 0 Å². The SMILES string of the molecule is CS[C@]1(C)C(=O)CC[C@H]1c1ccccc1. The zero-order valence-electron chi connectivity index (χ0n) is 9.19. The summed E-state index contributed by atoms with van der Waals surface area (Å²) in [4.78, 5) is 11.9. The van der Waals surface area contributed by atoms with Crippen LogP contribution >= 0.6 is 11.8 Å². The van der Waals surface area contributed by atoms with Gasteiger partial charge in [0.25, 0.3) is 0 Å². The van der Waals surface area contributed by atoms with Gasteiger partial charge in [0.1, 0.15) is 5.78 Å². The first kappa shape index (κ1) is 10.7. The second-order valence-electron chi connectivity index (χ2n) is 4.24. The monoisotopic (exact) mass is 220 g/mol. The van der Waals surface area contributed by atoms with Crippen molar-refractivity contribution in [2.24, 2.45) is 0 Å². The Labute approximate surface area is 95.3 Å². The van der Waals surface area contributed by atoms with Gasteiger partial charge in [0.2, 0.25) is 0 Å². The number of carbonyl (C=O) groups is 1. The topological polar surface area (TPSA) is 17.1 Å². The lowest BCUT2D eigenvalue weighted by atomic mass is 9.89. The molecule has 0 N–H and O–H groups in total. The lowest BCUT2D eigenvalue weighted by Crippen LogP contribution is -2.31. The summed E-state index contributed by atoms with van der Waals surface area (Å²) >= 11 is 1.70. The van der Waals surface area contributed by atoms with E-state index in [0.717, 1.165) is 12.8 Å². The number of ketones is 1. The van der Waals surface area contributed by atoms with E-state index in [-0.39, 0.29) is 4.75 Å². The van der Waals surface area contributed by atoms with E-state index in [2.05, 4.69) is 31.2 Å². The molecule has 0 saturated heterocycles. The number of hydrogen-bond acceptors (Lipinski definition) is 2. The Morgan fingerprint density at radius 2 is 2.00 bits per heavy atom. The summed E-state index contributed by atoms with van der Waals surface area (Å²) in [5, 5.41) is 0. The molecule has 0 heterocycles. The van der Waals surface area contributed by atoms with Crippen LogP contribution in [-0.2, 0) is 4.79 Å². The number of carbonyl (C=O) groups excluding carboxylic acids is 1. The predicted octanol–water partition coefficient (Wildman–Crippen LogP) is 3.25. The molecule has 0 radical (unpaired) electrons. The zero-order chi connectivity index (χ0) is 10.9. The van der Waals surface area contributed by atoms with Gasteiger partial charge in [-0.3, -0.25) is 4.79 Å². The fourth-order valence-electron chi connectivity index (χ4n) is 2.42. The smallest absolute Gasteiger partial charge is 0.149 e. The van der Waals surface area contributed by atoms with E-state index in [9.17, 15) is 4.79 Å². The Bertz CT molecular complexity index is 360. The van der Waals surface area contributed by atoms with Gasteiger partial charge in [-0.2, -0.15) is 11.8 Å². The van der Waals surface area contributed by atoms with E-state index in [1.807, 2.05) is 12.3 Å². The van der Waals surface area contributed by atoms with E-state index >= 15 is 0 Å². The molecule has 1 aliphatic rings. The summed E-state index contributed by atoms with van der Waals surface area (Å²) in [7, 11) is 0. The molecule has 2 heteroatoms. The quantitative estimate of drug-likeness (QED) is 0.761. The standard InChI is InChI=1S/C13H16OS/c1-13(15-2)11(8-9-12(13)14)10-6-4-3-5-7-10/h3-7,11H,8-9H2,1-2H3/t11-,13-/m0/s1. The van der Waals surface area contributed by atoms with Crippen molar-refractivity contribution >= 4 is 17.5 Å². The van der Waals surface area contributed by atoms with Gasteiger partial charge in [-0.25, -0.2) is 0 Å². The van der Waals surface area contributed by atoms with Gasteiger partial charge >= 0.3 is 0 Å². The fourth-order valence-corrected chi connectivity index (χ4v) is 3.29. The second-order valence-corrected chi connectivity index (χ2v) is 5.49. The van der Waals surface area contributed by atoms with E-state index < -0.39 is 0 Å². The van der Waals surface area contributed by atoms with Crippen LogP contribution in [0.25, 0.3) is 0 Å². The molecule has 0 unspecified atom stereocenters. The Balaban J connectivity index is 2.35. The zero-order valence-corrected chi connectivity index (χ0v) is 10.0. The molecule has 0 spiro atoms. The van der Waals surface area contributed by atoms with Crippen molar-refractivity contribution in [2.75, 3.05) is 6.26 Å². The van der Waals surface area contributed by atoms with Crippen LogP contribution in [0, 0.1) is 0 Å². The number of benzene rings is 1. The second kappa shape index (κ2) is 4.01. The van der Waals surface area contributed by atoms with E-state index in [4.69, 9.17) is 0 Å². The largest absolute Gasteiger partial charge is 0.298 e. The molecule has 0 aliphatic heterocycles. The van der Waals surface area contributed by atoms with Crippen LogP contribution in [0.1, 0.15) is 31.2 Å². The van der Waals surface area contributed by atoms with Crippen molar-refractivity contribution < 1.29 is 4.79 Å². The lowest BCUT2D eigenvalue weighted by Gasteiger charge is -2.28. The molecule has 1 aliphatic carbocycles. The maximum atomic E-state index is 11.9. The number of rotatable bonds is 2. The van der Waals surface area contributed by atoms with Crippen molar-refractivity contribution in [1.82, 2.24) is 0 Å². The maximum absolute atomic E-state index is 11.9. The lowest BCUT2D eigenvalue weighted by molar-refractivity contribution is -0.119. The first-order valence-electron chi connectivity index (χ1n) is 5.32. The van der Waals surface area contributed by atoms with Gasteiger partial charge in [0.15, 0.2) is 0 Å². The highest BCUT2D eigenvalue weighted by molar-refractivity contribution is 8.00. The molecule has 2 rings (SSSR count). The van der Waals surface area contributed by atoms with Gasteiger partial charge < -0.3 is 0 Å². The van der Waals surface area contributed by atoms with Crippen molar-refractivity contribution in [2.45, 2.75) is 30.4 Å². The van der Waals surface area contributed by atoms with Crippen molar-refractivity contribution in [1.29, 1.82) is 0 Å². The first-order chi connectivity index (χ1) is 7.18. The first-order valence-corrected chi connectivity index (χ1v) is 6.54. The van der Waals surface area contributed by atoms with Crippen LogP contribution in [0.15, 0.2) is 30.3 Å². The molecule has 15 heavy (non-hydrogen) atoms. The molecule has 1 fully saturated rings. The highest BCUT2D eigenvalue weighted by atomic mass is 32.2. The molecule has 1 saturated carbocycles. The summed E-state index contributed by atoms with van der Waals surface area (Å²) in [6, 6.07) is 10.4. The molecule has 2 atom stereocenters. The Morgan fingerprint density at radius 1 is 1.33 bits per heavy atom. The fraction of sp³-hybridized carbons (Fsp3) is 0.462. The average Bonchev–Trinajstić information content (AvgIpc) is 2.58. The van der Waals surface area contributed by atoms with Crippen molar-refractivity contribution in [3.05, 3.63) is 35.9 Å². The molecule has 80 valence electrons. The Kier molecular flexibility index (Phi) is 2.87. The maximum Gasteiger partial charge on any atom is 0.149 e. The minimum absolute atomic E-state index is 0.207. The normalized spacial score (nSPS) is 30.8. The van der Waals surface area contributed by atoms with Gasteiger partial charge in [0, 0.05) is 12.3 Å². The predicted molar refractivity (Wildman–Crippen MR) is 65.3 cm³/mol. The third-order valence-corrected chi connectivity index (χ3v) is 4.86. The molecular weight excluding hydrogens is 204 g/mol. The third-order valence-electron chi connectivity index (χ3n) is 3.50. The highest BCUT2D eigenvalue weighted by Crippen LogP contribution is 2.47. The van der Waals surface area contributed by atoms with Gasteiger partial charge in [-0.15, -0.1) is 0 Å². The minimum atomic E-state index is -0.207. The molecular formula is C13H16OS. The van der Waals surface area contributed by atoms with E-state index in [0.29, 0.717) is 11.7 Å². The van der Waals surface area contributed by atoms with Crippen LogP contribution < -0.4 is 0 Å². The summed E-state index contributed by atoms with van der Waals surface area (Å²) < 4.78 is -0.207. The summed E-state index contributed by atoms with van der Waals surface area (Å²) in [5.74, 6) is 0.796. The third kappa shape index (κ3) is 1.71. The van der Waals surface area contributed by atoms with Gasteiger partial charge in [-0.1, -0.05) is 30.3 Å². The van der Waals surface area contributed by atoms with Gasteiger partial charge in [0.05, 0.1) is 4.75 Å². The molecule has 1 aromatic carbocycles. The minimum Gasteiger partial charge on any atom is -0.298 e. The summed E-state index contributed by atoms with van der Waals surface area (Å²) in [6.07, 6.45) is 3.77. The molecule has 1 aromatic rings. The summed E-state index contributed by atoms with van der Waals surface area (Å²) in [5.41, 5.74) is 1.31. The Morgan fingerprint density at radius 3 is 2.60 bits per heavy atom. The summed E-state index contributed by atoms with van der Waals surface area (Å²) in [6.45, 7) is 2.09. The average molecular weight is 220 g/mol. The number of Topliss-reactive ketones (excluding diaryl/α,β-unsaturated/α-hetero) is 1. The molecule has 1 nitrogen and oxygen atoms in total. The van der Waals surface area contributed by atoms with Crippen LogP contribution in [0.4, 0.5) is 0 Å². The molecule has 0 bridgehead atoms. The highest BCUT2D eigenvalue weighted by Gasteiger charge is 2.45. The van der Waals surface area contributed by atoms with E-state index in [1.54, 1.807) is 11.8 Å². The van der Waals surface area contributed by atoms with Crippen LogP contribution in [-0.4, -0.2) is 16.8 Å². The van der Waals surface area contributed by atoms with Crippen molar-refractivity contribution in [3.63, 3.8) is 0 Å². The van der Waals surface area contributed by atoms with E-state index in [1.165, 1.54) is 5.56 Å². The van der Waals surface area contributed by atoms with Crippen LogP contribution in [0.5, 0.6) is 0 Å².